The molecular formula is C25H48N12O7S. The van der Waals surface area contributed by atoms with Crippen LogP contribution in [0.3, 0.4) is 0 Å². The van der Waals surface area contributed by atoms with Crippen LogP contribution in [0.15, 0.2) is 9.98 Å². The number of nitrogens with one attached hydrogen (secondary N) is 5. The van der Waals surface area contributed by atoms with Crippen molar-refractivity contribution < 1.29 is 33.9 Å². The van der Waals surface area contributed by atoms with Gasteiger partial charge in [-0.2, -0.15) is 12.6 Å². The minimum absolute atomic E-state index is 0.0401. The molecule has 4 atom stereocenters. The van der Waals surface area contributed by atoms with Crippen LogP contribution in [-0.2, 0) is 28.8 Å². The normalized spacial score (nSPS) is 13.3. The molecule has 0 aromatic rings. The van der Waals surface area contributed by atoms with E-state index in [1.54, 1.807) is 0 Å². The van der Waals surface area contributed by atoms with Crippen LogP contribution in [0.4, 0.5) is 0 Å². The summed E-state index contributed by atoms with van der Waals surface area (Å²) in [6.07, 6.45) is 1.22. The molecule has 0 rings (SSSR count). The second kappa shape index (κ2) is 22.2. The van der Waals surface area contributed by atoms with E-state index in [0.29, 0.717) is 13.0 Å². The van der Waals surface area contributed by atoms with E-state index in [1.807, 2.05) is 13.8 Å². The number of hydrogen-bond donors (Lipinski definition) is 12. The lowest BCUT2D eigenvalue weighted by Gasteiger charge is -2.25. The number of thiol groups is 1. The van der Waals surface area contributed by atoms with E-state index < -0.39 is 72.8 Å². The molecule has 0 aliphatic rings. The zero-order valence-corrected chi connectivity index (χ0v) is 26.5. The lowest BCUT2D eigenvalue weighted by molar-refractivity contribution is -0.142. The van der Waals surface area contributed by atoms with Crippen LogP contribution in [0, 0.1) is 5.92 Å². The first-order valence-electron chi connectivity index (χ1n) is 14.2. The summed E-state index contributed by atoms with van der Waals surface area (Å²) < 4.78 is 0. The van der Waals surface area contributed by atoms with Gasteiger partial charge in [0.25, 0.3) is 0 Å². The van der Waals surface area contributed by atoms with Crippen molar-refractivity contribution in [3.63, 3.8) is 0 Å². The number of hydrogen-bond acceptors (Lipinski definition) is 10. The van der Waals surface area contributed by atoms with Gasteiger partial charge in [0, 0.05) is 18.8 Å². The molecule has 19 nitrogen and oxygen atoms in total. The van der Waals surface area contributed by atoms with Crippen molar-refractivity contribution in [3.05, 3.63) is 0 Å². The van der Waals surface area contributed by atoms with E-state index in [-0.39, 0.29) is 55.8 Å². The predicted octanol–water partition coefficient (Wildman–Crippen LogP) is -4.83. The molecule has 0 aliphatic heterocycles. The van der Waals surface area contributed by atoms with E-state index in [9.17, 15) is 33.9 Å². The van der Waals surface area contributed by atoms with Gasteiger partial charge in [-0.15, -0.1) is 0 Å². The minimum atomic E-state index is -1.27. The number of rotatable bonds is 22. The van der Waals surface area contributed by atoms with Gasteiger partial charge in [-0.1, -0.05) is 13.8 Å². The molecule has 0 aromatic carbocycles. The maximum Gasteiger partial charge on any atom is 0.326 e. The lowest BCUT2D eigenvalue weighted by atomic mass is 10.0. The molecule has 0 saturated heterocycles. The third kappa shape index (κ3) is 19.5. The second-order valence-electron chi connectivity index (χ2n) is 10.4. The molecule has 45 heavy (non-hydrogen) atoms. The van der Waals surface area contributed by atoms with Gasteiger partial charge in [0.2, 0.25) is 29.5 Å². The highest BCUT2D eigenvalue weighted by Gasteiger charge is 2.29. The van der Waals surface area contributed by atoms with Crippen LogP contribution in [0.2, 0.25) is 0 Å². The van der Waals surface area contributed by atoms with Gasteiger partial charge in [0.1, 0.15) is 18.1 Å². The predicted molar refractivity (Wildman–Crippen MR) is 171 cm³/mol. The minimum Gasteiger partial charge on any atom is -0.480 e. The maximum absolute atomic E-state index is 13.0. The van der Waals surface area contributed by atoms with Crippen molar-refractivity contribution in [2.45, 2.75) is 70.1 Å². The summed E-state index contributed by atoms with van der Waals surface area (Å²) in [5.41, 5.74) is 26.7. The topological polar surface area (TPSA) is 338 Å². The number of aliphatic imine (C=N–C) groups is 2. The van der Waals surface area contributed by atoms with Crippen molar-refractivity contribution in [1.29, 1.82) is 0 Å². The molecule has 20 heteroatoms. The largest absolute Gasteiger partial charge is 0.480 e. The third-order valence-electron chi connectivity index (χ3n) is 5.91. The first-order valence-corrected chi connectivity index (χ1v) is 14.8. The van der Waals surface area contributed by atoms with Crippen molar-refractivity contribution in [2.75, 3.05) is 31.9 Å². The lowest BCUT2D eigenvalue weighted by Crippen LogP contribution is -2.57. The van der Waals surface area contributed by atoms with Crippen LogP contribution in [0.25, 0.3) is 0 Å². The molecule has 256 valence electrons. The number of amides is 5. The zero-order chi connectivity index (χ0) is 34.5. The Kier molecular flexibility index (Phi) is 20.1. The first-order chi connectivity index (χ1) is 21.1. The Labute approximate surface area is 267 Å². The van der Waals surface area contributed by atoms with Gasteiger partial charge in [-0.05, 0) is 38.0 Å². The highest BCUT2D eigenvalue weighted by molar-refractivity contribution is 7.80. The average molecular weight is 661 g/mol. The van der Waals surface area contributed by atoms with Crippen molar-refractivity contribution in [1.82, 2.24) is 26.6 Å². The molecule has 0 aliphatic carbocycles. The Hall–Kier alpha value is -4.33. The summed E-state index contributed by atoms with van der Waals surface area (Å²) in [5, 5.41) is 21.5. The molecule has 5 amide bonds. The van der Waals surface area contributed by atoms with Gasteiger partial charge in [-0.3, -0.25) is 34.0 Å². The summed E-state index contributed by atoms with van der Waals surface area (Å²) in [4.78, 5) is 81.7. The van der Waals surface area contributed by atoms with Crippen LogP contribution in [0.5, 0.6) is 0 Å². The molecule has 0 fully saturated rings. The van der Waals surface area contributed by atoms with E-state index >= 15 is 0 Å². The number of carboxylic acids is 1. The highest BCUT2D eigenvalue weighted by atomic mass is 32.1. The Bertz CT molecular complexity index is 1070. The average Bonchev–Trinajstić information content (AvgIpc) is 2.95. The van der Waals surface area contributed by atoms with E-state index in [2.05, 4.69) is 49.2 Å². The van der Waals surface area contributed by atoms with Crippen molar-refractivity contribution >= 4 is 60.1 Å². The number of carbonyl (C=O) groups excluding carboxylic acids is 5. The molecule has 0 radical (unpaired) electrons. The molecule has 0 heterocycles. The molecule has 0 unspecified atom stereocenters. The van der Waals surface area contributed by atoms with Gasteiger partial charge >= 0.3 is 5.97 Å². The molecule has 0 bridgehead atoms. The molecule has 16 N–H and O–H groups in total. The number of guanidine groups is 2. The number of carbonyl (C=O) groups is 6. The summed E-state index contributed by atoms with van der Waals surface area (Å²) >= 11 is 4.09. The first kappa shape index (κ1) is 40.7. The molecule has 0 saturated carbocycles. The van der Waals surface area contributed by atoms with Crippen LogP contribution < -0.4 is 55.3 Å². The monoisotopic (exact) mass is 660 g/mol. The number of nitrogens with zero attached hydrogens (tertiary/aromatic N) is 2. The molecule has 0 spiro atoms. The quantitative estimate of drug-likeness (QED) is 0.0225. The van der Waals surface area contributed by atoms with Crippen LogP contribution in [0.1, 0.15) is 46.0 Å². The standard InChI is InChI=1S/C25H48N12O7S/c1-13(2)9-16(21(41)36-15(23(43)44)6-4-8-32-25(29)30)37-22(42)17(12-45)35-19(39)11-33-18(38)10-34-20(40)14(26)5-3-7-31-24(27)28/h13-17,45H,3-12,26H2,1-2H3,(H,33,38)(H,34,40)(H,35,39)(H,36,41)(H,37,42)(H,43,44)(H4,27,28,31)(H4,29,30,32)/t14-,15-,16-,17+/m0/s1. The summed E-state index contributed by atoms with van der Waals surface area (Å²) in [6.45, 7) is 3.12. The third-order valence-corrected chi connectivity index (χ3v) is 6.27. The van der Waals surface area contributed by atoms with Gasteiger partial charge in [0.05, 0.1) is 19.1 Å². The van der Waals surface area contributed by atoms with E-state index in [1.165, 1.54) is 0 Å². The highest BCUT2D eigenvalue weighted by Crippen LogP contribution is 2.08. The SMILES string of the molecule is CC(C)C[C@H](NC(=O)[C@@H](CS)NC(=O)CNC(=O)CNC(=O)[C@@H](N)CCCN=C(N)N)C(=O)N[C@@H](CCCN=C(N)N)C(=O)O. The fraction of sp³-hybridized carbons (Fsp3) is 0.680. The van der Waals surface area contributed by atoms with E-state index in [0.717, 1.165) is 0 Å². The number of nitrogens with two attached hydrogens (primary N) is 5. The maximum atomic E-state index is 13.0. The van der Waals surface area contributed by atoms with Gasteiger partial charge < -0.3 is 60.4 Å². The molecule has 0 aromatic heterocycles. The summed E-state index contributed by atoms with van der Waals surface area (Å²) in [7, 11) is 0. The number of aliphatic carboxylic acids is 1. The van der Waals surface area contributed by atoms with Gasteiger partial charge in [0.15, 0.2) is 11.9 Å². The fourth-order valence-corrected chi connectivity index (χ4v) is 3.90. The van der Waals surface area contributed by atoms with Crippen LogP contribution >= 0.6 is 12.6 Å². The fourth-order valence-electron chi connectivity index (χ4n) is 3.64. The Morgan fingerprint density at radius 1 is 0.711 bits per heavy atom. The Morgan fingerprint density at radius 3 is 1.73 bits per heavy atom. The summed E-state index contributed by atoms with van der Waals surface area (Å²) in [5.74, 6) is -5.17. The molecular weight excluding hydrogens is 612 g/mol. The Morgan fingerprint density at radius 2 is 1.22 bits per heavy atom. The zero-order valence-electron chi connectivity index (χ0n) is 25.6. The summed E-state index contributed by atoms with van der Waals surface area (Å²) in [6, 6.07) is -4.44. The van der Waals surface area contributed by atoms with Crippen molar-refractivity contribution in [2.24, 2.45) is 44.6 Å². The second-order valence-corrected chi connectivity index (χ2v) is 10.8. The van der Waals surface area contributed by atoms with E-state index in [4.69, 9.17) is 28.7 Å². The van der Waals surface area contributed by atoms with Gasteiger partial charge in [-0.25, -0.2) is 4.79 Å². The van der Waals surface area contributed by atoms with Crippen molar-refractivity contribution in [3.8, 4) is 0 Å². The number of carboxylic acid groups (broad SMARTS) is 1. The van der Waals surface area contributed by atoms with Crippen LogP contribution in [-0.4, -0.2) is 109 Å². The smallest absolute Gasteiger partial charge is 0.326 e. The Balaban J connectivity index is 4.93.